The maximum atomic E-state index is 12.9. The number of hydrogen-bond acceptors (Lipinski definition) is 6. The van der Waals surface area contributed by atoms with Crippen molar-refractivity contribution >= 4 is 11.7 Å². The number of aryl methyl sites for hydroxylation is 2. The minimum absolute atomic E-state index is 0.00594. The Morgan fingerprint density at radius 3 is 2.27 bits per heavy atom. The molecule has 172 valence electrons. The Bertz CT molecular complexity index is 1090. The fourth-order valence-corrected chi connectivity index (χ4v) is 4.16. The lowest BCUT2D eigenvalue weighted by Gasteiger charge is -2.36. The number of para-hydroxylation sites is 1. The van der Waals surface area contributed by atoms with Crippen LogP contribution in [0.1, 0.15) is 18.1 Å². The van der Waals surface area contributed by atoms with Crippen LogP contribution in [0.5, 0.6) is 11.5 Å². The second-order valence-electron chi connectivity index (χ2n) is 8.37. The van der Waals surface area contributed by atoms with Gasteiger partial charge in [-0.2, -0.15) is 0 Å². The van der Waals surface area contributed by atoms with Gasteiger partial charge in [-0.15, -0.1) is 10.2 Å². The maximum Gasteiger partial charge on any atom is 0.263 e. The van der Waals surface area contributed by atoms with Crippen LogP contribution in [0.2, 0.25) is 0 Å². The number of nitrogens with zero attached hydrogens (tertiary/aromatic N) is 4. The molecular weight excluding hydrogens is 416 g/mol. The molecule has 1 aromatic heterocycles. The van der Waals surface area contributed by atoms with Crippen LogP contribution in [0.4, 0.5) is 5.82 Å². The molecule has 3 aromatic rings. The molecule has 0 bridgehead atoms. The Labute approximate surface area is 195 Å². The number of methoxy groups -OCH3 is 1. The Kier molecular flexibility index (Phi) is 6.77. The third-order valence-electron chi connectivity index (χ3n) is 5.80. The Morgan fingerprint density at radius 2 is 1.64 bits per heavy atom. The molecule has 4 rings (SSSR count). The smallest absolute Gasteiger partial charge is 0.263 e. The van der Waals surface area contributed by atoms with E-state index in [1.165, 1.54) is 0 Å². The van der Waals surface area contributed by atoms with Crippen LogP contribution < -0.4 is 14.4 Å². The van der Waals surface area contributed by atoms with Crippen molar-refractivity contribution in [3.8, 4) is 22.8 Å². The van der Waals surface area contributed by atoms with Crippen molar-refractivity contribution in [1.82, 2.24) is 15.1 Å². The molecular formula is C26H30N4O3. The van der Waals surface area contributed by atoms with E-state index in [9.17, 15) is 4.79 Å². The van der Waals surface area contributed by atoms with Gasteiger partial charge < -0.3 is 19.3 Å². The van der Waals surface area contributed by atoms with Crippen LogP contribution in [0.3, 0.4) is 0 Å². The quantitative estimate of drug-likeness (QED) is 0.572. The highest BCUT2D eigenvalue weighted by molar-refractivity contribution is 5.81. The highest BCUT2D eigenvalue weighted by Crippen LogP contribution is 2.28. The molecule has 1 fully saturated rings. The molecule has 0 saturated carbocycles. The van der Waals surface area contributed by atoms with Crippen LogP contribution in [-0.2, 0) is 4.79 Å². The summed E-state index contributed by atoms with van der Waals surface area (Å²) in [5.41, 5.74) is 3.92. The van der Waals surface area contributed by atoms with Gasteiger partial charge in [0.05, 0.1) is 12.8 Å². The van der Waals surface area contributed by atoms with Gasteiger partial charge in [0, 0.05) is 31.7 Å². The van der Waals surface area contributed by atoms with Gasteiger partial charge in [0.25, 0.3) is 5.91 Å². The van der Waals surface area contributed by atoms with Gasteiger partial charge >= 0.3 is 0 Å². The predicted octanol–water partition coefficient (Wildman–Crippen LogP) is 3.89. The van der Waals surface area contributed by atoms with E-state index in [-0.39, 0.29) is 5.91 Å². The Balaban J connectivity index is 1.35. The van der Waals surface area contributed by atoms with E-state index in [1.807, 2.05) is 74.2 Å². The van der Waals surface area contributed by atoms with Crippen molar-refractivity contribution < 1.29 is 14.3 Å². The van der Waals surface area contributed by atoms with Gasteiger partial charge in [-0.1, -0.05) is 18.2 Å². The zero-order valence-electron chi connectivity index (χ0n) is 19.6. The number of amides is 1. The molecule has 0 aliphatic carbocycles. The molecule has 1 aliphatic rings. The summed E-state index contributed by atoms with van der Waals surface area (Å²) in [6.07, 6.45) is -0.530. The topological polar surface area (TPSA) is 67.8 Å². The molecule has 7 heteroatoms. The van der Waals surface area contributed by atoms with Gasteiger partial charge in [-0.3, -0.25) is 4.79 Å². The molecule has 2 aromatic carbocycles. The lowest BCUT2D eigenvalue weighted by Crippen LogP contribution is -2.52. The number of carbonyl (C=O) groups is 1. The number of anilines is 1. The zero-order chi connectivity index (χ0) is 23.4. The Morgan fingerprint density at radius 1 is 0.939 bits per heavy atom. The van der Waals surface area contributed by atoms with E-state index < -0.39 is 6.10 Å². The van der Waals surface area contributed by atoms with Crippen molar-refractivity contribution in [2.45, 2.75) is 26.9 Å². The fraction of sp³-hybridized carbons (Fsp3) is 0.346. The summed E-state index contributed by atoms with van der Waals surface area (Å²) in [4.78, 5) is 16.9. The van der Waals surface area contributed by atoms with Gasteiger partial charge in [-0.25, -0.2) is 0 Å². The van der Waals surface area contributed by atoms with Gasteiger partial charge in [0.2, 0.25) is 0 Å². The maximum absolute atomic E-state index is 12.9. The van der Waals surface area contributed by atoms with Crippen molar-refractivity contribution in [3.63, 3.8) is 0 Å². The van der Waals surface area contributed by atoms with Crippen molar-refractivity contribution in [2.24, 2.45) is 0 Å². The average Bonchev–Trinajstić information content (AvgIpc) is 2.83. The molecule has 33 heavy (non-hydrogen) atoms. The largest absolute Gasteiger partial charge is 0.496 e. The minimum Gasteiger partial charge on any atom is -0.496 e. The van der Waals surface area contributed by atoms with Gasteiger partial charge in [0.1, 0.15) is 11.5 Å². The van der Waals surface area contributed by atoms with E-state index in [1.54, 1.807) is 7.11 Å². The number of carbonyl (C=O) groups excluding carboxylic acids is 1. The highest BCUT2D eigenvalue weighted by atomic mass is 16.5. The first-order valence-electron chi connectivity index (χ1n) is 11.2. The first-order chi connectivity index (χ1) is 15.9. The first kappa shape index (κ1) is 22.6. The molecule has 1 amide bonds. The molecule has 1 saturated heterocycles. The number of hydrogen-bond donors (Lipinski definition) is 0. The lowest BCUT2D eigenvalue weighted by molar-refractivity contribution is -0.138. The summed E-state index contributed by atoms with van der Waals surface area (Å²) in [6.45, 7) is 8.50. The standard InChI is InChI=1S/C26H30N4O3/c1-18-15-19(2)17-21(16-18)33-20(3)26(31)30-13-11-29(12-14-30)25-10-9-23(27-28-25)22-7-5-6-8-24(22)32-4/h5-10,15-17,20H,11-14H2,1-4H3. The van der Waals surface area contributed by atoms with Crippen molar-refractivity contribution in [1.29, 1.82) is 0 Å². The number of piperazine rings is 1. The van der Waals surface area contributed by atoms with Gasteiger partial charge in [-0.05, 0) is 68.3 Å². The Hall–Kier alpha value is -3.61. The summed E-state index contributed by atoms with van der Waals surface area (Å²) in [5, 5.41) is 8.83. The SMILES string of the molecule is COc1ccccc1-c1ccc(N2CCN(C(=O)C(C)Oc3cc(C)cc(C)c3)CC2)nn1. The molecule has 7 nitrogen and oxygen atoms in total. The van der Waals surface area contributed by atoms with E-state index in [4.69, 9.17) is 9.47 Å². The fourth-order valence-electron chi connectivity index (χ4n) is 4.16. The van der Waals surface area contributed by atoms with E-state index in [0.29, 0.717) is 26.2 Å². The summed E-state index contributed by atoms with van der Waals surface area (Å²) < 4.78 is 11.4. The average molecular weight is 447 g/mol. The molecule has 2 heterocycles. The van der Waals surface area contributed by atoms with Crippen molar-refractivity contribution in [2.75, 3.05) is 38.2 Å². The van der Waals surface area contributed by atoms with E-state index in [2.05, 4.69) is 21.2 Å². The molecule has 1 aliphatic heterocycles. The summed E-state index contributed by atoms with van der Waals surface area (Å²) >= 11 is 0. The minimum atomic E-state index is -0.530. The van der Waals surface area contributed by atoms with Crippen LogP contribution in [0.25, 0.3) is 11.3 Å². The number of aromatic nitrogens is 2. The van der Waals surface area contributed by atoms with Crippen LogP contribution in [-0.4, -0.2) is 60.4 Å². The summed E-state index contributed by atoms with van der Waals surface area (Å²) in [5.74, 6) is 2.31. The first-order valence-corrected chi connectivity index (χ1v) is 11.2. The summed E-state index contributed by atoms with van der Waals surface area (Å²) in [7, 11) is 1.65. The molecule has 1 atom stereocenters. The lowest BCUT2D eigenvalue weighted by atomic mass is 10.1. The van der Waals surface area contributed by atoms with E-state index in [0.717, 1.165) is 39.7 Å². The third-order valence-corrected chi connectivity index (χ3v) is 5.80. The number of benzene rings is 2. The van der Waals surface area contributed by atoms with Crippen LogP contribution in [0, 0.1) is 13.8 Å². The van der Waals surface area contributed by atoms with Crippen molar-refractivity contribution in [3.05, 3.63) is 65.7 Å². The van der Waals surface area contributed by atoms with E-state index >= 15 is 0 Å². The molecule has 1 unspecified atom stereocenters. The third kappa shape index (κ3) is 5.25. The highest BCUT2D eigenvalue weighted by Gasteiger charge is 2.27. The zero-order valence-corrected chi connectivity index (χ0v) is 19.6. The van der Waals surface area contributed by atoms with Gasteiger partial charge in [0.15, 0.2) is 11.9 Å². The molecule has 0 N–H and O–H groups in total. The predicted molar refractivity (Wildman–Crippen MR) is 129 cm³/mol. The second-order valence-corrected chi connectivity index (χ2v) is 8.37. The summed E-state index contributed by atoms with van der Waals surface area (Å²) in [6, 6.07) is 17.7. The van der Waals surface area contributed by atoms with Crippen LogP contribution >= 0.6 is 0 Å². The molecule has 0 radical (unpaired) electrons. The monoisotopic (exact) mass is 446 g/mol. The second kappa shape index (κ2) is 9.90. The normalized spacial score (nSPS) is 14.7. The van der Waals surface area contributed by atoms with Crippen LogP contribution in [0.15, 0.2) is 54.6 Å². The molecule has 0 spiro atoms. The number of ether oxygens (including phenoxy) is 2. The number of rotatable bonds is 6.